The van der Waals surface area contributed by atoms with Gasteiger partial charge >= 0.3 is 17.9 Å². The van der Waals surface area contributed by atoms with Crippen molar-refractivity contribution in [3.63, 3.8) is 0 Å². The lowest BCUT2D eigenvalue weighted by Crippen LogP contribution is -2.30. The van der Waals surface area contributed by atoms with Crippen molar-refractivity contribution in [2.45, 2.75) is 329 Å². The van der Waals surface area contributed by atoms with Crippen molar-refractivity contribution >= 4 is 17.9 Å². The Kier molecular flexibility index (Phi) is 62.7. The Balaban J connectivity index is 4.45. The van der Waals surface area contributed by atoms with Crippen LogP contribution in [0.1, 0.15) is 323 Å². The van der Waals surface area contributed by atoms with Crippen molar-refractivity contribution in [2.75, 3.05) is 13.2 Å². The predicted octanol–water partition coefficient (Wildman–Crippen LogP) is 22.8. The highest BCUT2D eigenvalue weighted by Crippen LogP contribution is 2.17. The third kappa shape index (κ3) is 63.2. The predicted molar refractivity (Wildman–Crippen MR) is 339 cm³/mol. The summed E-state index contributed by atoms with van der Waals surface area (Å²) in [7, 11) is 0. The third-order valence-corrected chi connectivity index (χ3v) is 14.3. The second-order valence-corrected chi connectivity index (χ2v) is 22.0. The molecule has 0 amide bonds. The molecule has 0 aromatic rings. The van der Waals surface area contributed by atoms with Crippen molar-refractivity contribution < 1.29 is 28.6 Å². The van der Waals surface area contributed by atoms with E-state index in [1.807, 2.05) is 0 Å². The summed E-state index contributed by atoms with van der Waals surface area (Å²) in [5.74, 6) is -0.926. The van der Waals surface area contributed by atoms with Crippen LogP contribution in [0.4, 0.5) is 0 Å². The Morgan fingerprint density at radius 1 is 0.269 bits per heavy atom. The Morgan fingerprint density at radius 2 is 0.500 bits per heavy atom. The van der Waals surface area contributed by atoms with Crippen molar-refractivity contribution in [1.29, 1.82) is 0 Å². The summed E-state index contributed by atoms with van der Waals surface area (Å²) < 4.78 is 16.9. The van der Waals surface area contributed by atoms with Crippen LogP contribution in [0.25, 0.3) is 0 Å². The van der Waals surface area contributed by atoms with E-state index in [2.05, 4.69) is 118 Å². The fraction of sp³-hybridized carbons (Fsp3) is 0.736. The maximum Gasteiger partial charge on any atom is 0.306 e. The first-order valence-electron chi connectivity index (χ1n) is 33.2. The monoisotopic (exact) mass is 1080 g/mol. The molecule has 0 aliphatic carbocycles. The zero-order valence-corrected chi connectivity index (χ0v) is 51.4. The number of esters is 3. The van der Waals surface area contributed by atoms with Gasteiger partial charge in [0.25, 0.3) is 0 Å². The Hall–Kier alpha value is -3.67. The molecule has 0 aromatic heterocycles. The summed E-state index contributed by atoms with van der Waals surface area (Å²) in [5.41, 5.74) is 0. The molecule has 0 rings (SSSR count). The van der Waals surface area contributed by atoms with Crippen LogP contribution in [0.5, 0.6) is 0 Å². The molecule has 6 nitrogen and oxygen atoms in total. The summed E-state index contributed by atoms with van der Waals surface area (Å²) in [5, 5.41) is 0. The first-order valence-corrected chi connectivity index (χ1v) is 33.2. The molecule has 0 fully saturated rings. The molecule has 0 aliphatic heterocycles. The first-order chi connectivity index (χ1) is 38.5. The lowest BCUT2D eigenvalue weighted by molar-refractivity contribution is -0.167. The standard InChI is InChI=1S/C72H124O6/c1-4-7-10-13-16-19-22-25-28-31-34-36-38-41-44-47-50-53-56-59-62-65-71(74)77-68-69(67-76-70(73)64-61-58-55-52-49-46-43-40-33-30-27-24-21-18-15-12-9-6-3)78-72(75)66-63-60-57-54-51-48-45-42-39-37-35-32-29-26-23-20-17-14-11-8-5-2/h7,10,16,19,23,25-26,28,32,34-36,41,44,50,53,69H,4-6,8-9,11-15,17-18,20-22,24,27,29-31,33,37-40,42-43,45-49,51-52,54-68H2,1-3H3/b10-7-,19-16-,26-23-,28-25-,35-32-,36-34-,44-41-,53-50-. The Morgan fingerprint density at radius 3 is 0.808 bits per heavy atom. The fourth-order valence-corrected chi connectivity index (χ4v) is 9.36. The Bertz CT molecular complexity index is 1530. The van der Waals surface area contributed by atoms with Crippen molar-refractivity contribution in [3.05, 3.63) is 97.2 Å². The molecule has 448 valence electrons. The minimum atomic E-state index is -0.799. The van der Waals surface area contributed by atoms with Gasteiger partial charge in [-0.05, 0) is 103 Å². The molecule has 78 heavy (non-hydrogen) atoms. The number of allylic oxidation sites excluding steroid dienone is 16. The van der Waals surface area contributed by atoms with Crippen molar-refractivity contribution in [3.8, 4) is 0 Å². The van der Waals surface area contributed by atoms with Gasteiger partial charge < -0.3 is 14.2 Å². The van der Waals surface area contributed by atoms with E-state index in [4.69, 9.17) is 14.2 Å². The molecule has 0 bridgehead atoms. The molecule has 0 aliphatic rings. The smallest absolute Gasteiger partial charge is 0.306 e. The van der Waals surface area contributed by atoms with Gasteiger partial charge in [-0.25, -0.2) is 0 Å². The van der Waals surface area contributed by atoms with Crippen LogP contribution >= 0.6 is 0 Å². The highest BCUT2D eigenvalue weighted by molar-refractivity contribution is 5.71. The van der Waals surface area contributed by atoms with E-state index in [0.29, 0.717) is 19.3 Å². The quantitative estimate of drug-likeness (QED) is 0.0261. The maximum absolute atomic E-state index is 12.9. The van der Waals surface area contributed by atoms with Crippen LogP contribution in [-0.2, 0) is 28.6 Å². The van der Waals surface area contributed by atoms with E-state index in [9.17, 15) is 14.4 Å². The van der Waals surface area contributed by atoms with Gasteiger partial charge in [0, 0.05) is 19.3 Å². The van der Waals surface area contributed by atoms with E-state index in [0.717, 1.165) is 103 Å². The van der Waals surface area contributed by atoms with Crippen molar-refractivity contribution in [2.24, 2.45) is 0 Å². The normalized spacial score (nSPS) is 12.7. The maximum atomic E-state index is 12.9. The van der Waals surface area contributed by atoms with Crippen LogP contribution in [0.2, 0.25) is 0 Å². The highest BCUT2D eigenvalue weighted by Gasteiger charge is 2.19. The summed E-state index contributed by atoms with van der Waals surface area (Å²) in [6.45, 7) is 6.52. The fourth-order valence-electron chi connectivity index (χ4n) is 9.36. The molecular weight excluding hydrogens is 961 g/mol. The van der Waals surface area contributed by atoms with Crippen LogP contribution in [-0.4, -0.2) is 37.2 Å². The summed E-state index contributed by atoms with van der Waals surface area (Å²) in [4.78, 5) is 38.4. The topological polar surface area (TPSA) is 78.9 Å². The van der Waals surface area contributed by atoms with E-state index in [1.165, 1.54) is 180 Å². The average Bonchev–Trinajstić information content (AvgIpc) is 3.44. The molecule has 0 spiro atoms. The van der Waals surface area contributed by atoms with Crippen LogP contribution in [0, 0.1) is 0 Å². The zero-order chi connectivity index (χ0) is 56.4. The summed E-state index contributed by atoms with van der Waals surface area (Å²) in [6, 6.07) is 0. The van der Waals surface area contributed by atoms with Crippen molar-refractivity contribution in [1.82, 2.24) is 0 Å². The molecule has 0 saturated heterocycles. The molecule has 1 atom stereocenters. The molecule has 0 N–H and O–H groups in total. The van der Waals surface area contributed by atoms with Crippen LogP contribution in [0.15, 0.2) is 97.2 Å². The number of ether oxygens (including phenoxy) is 3. The minimum Gasteiger partial charge on any atom is -0.462 e. The molecule has 1 unspecified atom stereocenters. The minimum absolute atomic E-state index is 0.0908. The van der Waals surface area contributed by atoms with Crippen LogP contribution in [0.3, 0.4) is 0 Å². The molecule has 0 radical (unpaired) electrons. The molecule has 6 heteroatoms. The number of rotatable bonds is 60. The van der Waals surface area contributed by atoms with Gasteiger partial charge in [0.2, 0.25) is 0 Å². The SMILES string of the molecule is CC/C=C\C/C=C\C/C=C\C/C=C\C/C=C\C/C=C\CCCCC(=O)OCC(COC(=O)CCCCCCCCCCCCCCCCCCCC)OC(=O)CCCCCCCCCCC/C=C\C/C=C\CCCCCCC. The molecule has 0 saturated carbocycles. The second kappa shape index (κ2) is 65.8. The van der Waals surface area contributed by atoms with E-state index in [-0.39, 0.29) is 31.1 Å². The van der Waals surface area contributed by atoms with E-state index < -0.39 is 6.10 Å². The molecule has 0 heterocycles. The van der Waals surface area contributed by atoms with Gasteiger partial charge in [-0.3, -0.25) is 14.4 Å². The lowest BCUT2D eigenvalue weighted by atomic mass is 10.0. The largest absolute Gasteiger partial charge is 0.462 e. The number of hydrogen-bond donors (Lipinski definition) is 0. The molecular formula is C72H124O6. The Labute approximate surface area is 483 Å². The highest BCUT2D eigenvalue weighted by atomic mass is 16.6. The zero-order valence-electron chi connectivity index (χ0n) is 51.4. The summed E-state index contributed by atoms with van der Waals surface area (Å²) >= 11 is 0. The number of carbonyl (C=O) groups excluding carboxylic acids is 3. The van der Waals surface area contributed by atoms with Gasteiger partial charge in [0.15, 0.2) is 6.10 Å². The van der Waals surface area contributed by atoms with Gasteiger partial charge in [-0.15, -0.1) is 0 Å². The lowest BCUT2D eigenvalue weighted by Gasteiger charge is -2.18. The number of unbranched alkanes of at least 4 members (excludes halogenated alkanes) is 33. The number of hydrogen-bond acceptors (Lipinski definition) is 6. The number of carbonyl (C=O) groups is 3. The van der Waals surface area contributed by atoms with Gasteiger partial charge in [-0.1, -0.05) is 298 Å². The first kappa shape index (κ1) is 74.3. The third-order valence-electron chi connectivity index (χ3n) is 14.3. The van der Waals surface area contributed by atoms with Gasteiger partial charge in [0.05, 0.1) is 0 Å². The van der Waals surface area contributed by atoms with E-state index >= 15 is 0 Å². The second-order valence-electron chi connectivity index (χ2n) is 22.0. The van der Waals surface area contributed by atoms with Gasteiger partial charge in [-0.2, -0.15) is 0 Å². The van der Waals surface area contributed by atoms with E-state index in [1.54, 1.807) is 0 Å². The molecule has 0 aromatic carbocycles. The average molecular weight is 1090 g/mol. The van der Waals surface area contributed by atoms with Gasteiger partial charge in [0.1, 0.15) is 13.2 Å². The summed E-state index contributed by atoms with van der Waals surface area (Å²) in [6.07, 6.45) is 88.4. The van der Waals surface area contributed by atoms with Crippen LogP contribution < -0.4 is 0 Å².